The Kier molecular flexibility index (Phi) is 1.27. The Labute approximate surface area is 43.4 Å². The second-order valence-electron chi connectivity index (χ2n) is 1.44. The number of hydrogen-bond donors (Lipinski definition) is 1. The normalized spacial score (nSPS) is 16.4. The highest BCUT2D eigenvalue weighted by atomic mass is 14.7. The summed E-state index contributed by atoms with van der Waals surface area (Å²) in [4.78, 5) is 4.03. The number of rotatable bonds is 1. The maximum Gasteiger partial charge on any atom is 0.287 e. The van der Waals surface area contributed by atoms with Gasteiger partial charge in [0, 0.05) is 12.3 Å². The summed E-state index contributed by atoms with van der Waals surface area (Å²) in [6, 6.07) is 0. The molecular formula is C4H7BN2. The predicted octanol–water partition coefficient (Wildman–Crippen LogP) is -0.735. The maximum atomic E-state index is 5.25. The fourth-order valence-electron chi connectivity index (χ4n) is 0.544. The van der Waals surface area contributed by atoms with Crippen molar-refractivity contribution in [3.8, 4) is 0 Å². The van der Waals surface area contributed by atoms with E-state index in [2.05, 4.69) is 4.90 Å². The fourth-order valence-corrected chi connectivity index (χ4v) is 0.544. The summed E-state index contributed by atoms with van der Waals surface area (Å²) in [6.07, 6.45) is 1.96. The van der Waals surface area contributed by atoms with E-state index in [0.717, 1.165) is 13.1 Å². The molecule has 0 saturated carbocycles. The van der Waals surface area contributed by atoms with Crippen LogP contribution in [0.4, 0.5) is 0 Å². The summed E-state index contributed by atoms with van der Waals surface area (Å²) in [5.74, 6) is 2.00. The van der Waals surface area contributed by atoms with Crippen molar-refractivity contribution in [3.63, 3.8) is 0 Å². The third-order valence-electron chi connectivity index (χ3n) is 0.919. The first-order chi connectivity index (χ1) is 3.43. The molecule has 0 aromatic heterocycles. The van der Waals surface area contributed by atoms with Crippen LogP contribution in [0, 0.1) is 0 Å². The van der Waals surface area contributed by atoms with Crippen LogP contribution in [0.15, 0.2) is 17.0 Å². The largest absolute Gasteiger partial charge is 0.344 e. The van der Waals surface area contributed by atoms with Gasteiger partial charge in [-0.05, 0) is 0 Å². The molecule has 1 rings (SSSR count). The molecule has 0 radical (unpaired) electrons. The van der Waals surface area contributed by atoms with Crippen molar-refractivity contribution in [1.29, 1.82) is 0 Å². The van der Waals surface area contributed by atoms with Crippen molar-refractivity contribution in [2.45, 2.75) is 0 Å². The minimum Gasteiger partial charge on any atom is -0.344 e. The molecule has 0 spiro atoms. The van der Waals surface area contributed by atoms with E-state index in [0.29, 0.717) is 6.54 Å². The van der Waals surface area contributed by atoms with Crippen molar-refractivity contribution < 1.29 is 0 Å². The van der Waals surface area contributed by atoms with Crippen LogP contribution in [0.5, 0.6) is 0 Å². The molecule has 1 aliphatic heterocycles. The minimum atomic E-state index is 0.580. The van der Waals surface area contributed by atoms with Gasteiger partial charge in [-0.15, -0.1) is 0 Å². The molecule has 1 aliphatic rings. The molecule has 1 heterocycles. The zero-order chi connectivity index (χ0) is 5.11. The third-order valence-corrected chi connectivity index (χ3v) is 0.919. The lowest BCUT2D eigenvalue weighted by atomic mass is 10.00. The zero-order valence-corrected chi connectivity index (χ0v) is 4.09. The van der Waals surface area contributed by atoms with Crippen molar-refractivity contribution >= 4 is 13.1 Å². The lowest BCUT2D eigenvalue weighted by molar-refractivity contribution is 1.32. The first-order valence-electron chi connectivity index (χ1n) is 2.33. The van der Waals surface area contributed by atoms with E-state index in [-0.39, 0.29) is 0 Å². The Bertz CT molecular complexity index is 117. The molecule has 0 fully saturated rings. The van der Waals surface area contributed by atoms with E-state index in [1.54, 1.807) is 0 Å². The van der Waals surface area contributed by atoms with Gasteiger partial charge < -0.3 is 10.6 Å². The van der Waals surface area contributed by atoms with Crippen molar-refractivity contribution in [3.05, 3.63) is 12.1 Å². The fraction of sp³-hybridized carbons (Fsp3) is 0.250. The Morgan fingerprint density at radius 3 is 3.00 bits per heavy atom. The van der Waals surface area contributed by atoms with E-state index >= 15 is 0 Å². The van der Waals surface area contributed by atoms with Crippen molar-refractivity contribution in [1.82, 2.24) is 0 Å². The summed E-state index contributed by atoms with van der Waals surface area (Å²) in [5.41, 5.74) is 6.27. The standard InChI is InChI=1S/C4H7BN2/c6-3-4-1-2-5-7-4/h1-2,5H,3,6H2. The Balaban J connectivity index is 2.52. The average Bonchev–Trinajstić information content (AvgIpc) is 2.14. The topological polar surface area (TPSA) is 38.4 Å². The van der Waals surface area contributed by atoms with Crippen molar-refractivity contribution in [2.24, 2.45) is 10.6 Å². The lowest BCUT2D eigenvalue weighted by Gasteiger charge is -1.84. The highest BCUT2D eigenvalue weighted by Crippen LogP contribution is 1.86. The van der Waals surface area contributed by atoms with E-state index in [1.165, 1.54) is 0 Å². The zero-order valence-electron chi connectivity index (χ0n) is 4.09. The molecule has 2 nitrogen and oxygen atoms in total. The van der Waals surface area contributed by atoms with Gasteiger partial charge in [0.05, 0.1) is 0 Å². The van der Waals surface area contributed by atoms with Gasteiger partial charge in [0.2, 0.25) is 0 Å². The maximum absolute atomic E-state index is 5.25. The molecule has 3 heteroatoms. The van der Waals surface area contributed by atoms with Gasteiger partial charge in [0.25, 0.3) is 7.41 Å². The summed E-state index contributed by atoms with van der Waals surface area (Å²) in [6.45, 7) is 0.580. The van der Waals surface area contributed by atoms with Gasteiger partial charge in [0.1, 0.15) is 0 Å². The van der Waals surface area contributed by atoms with E-state index in [9.17, 15) is 0 Å². The molecular weight excluding hydrogens is 86.9 g/mol. The predicted molar refractivity (Wildman–Crippen MR) is 32.8 cm³/mol. The van der Waals surface area contributed by atoms with Crippen LogP contribution in [0.25, 0.3) is 0 Å². The highest BCUT2D eigenvalue weighted by Gasteiger charge is 1.93. The van der Waals surface area contributed by atoms with Gasteiger partial charge >= 0.3 is 0 Å². The number of nitrogens with two attached hydrogens (primary N) is 1. The molecule has 0 saturated heterocycles. The molecule has 2 N–H and O–H groups in total. The smallest absolute Gasteiger partial charge is 0.287 e. The van der Waals surface area contributed by atoms with Gasteiger partial charge in [-0.3, -0.25) is 0 Å². The lowest BCUT2D eigenvalue weighted by Crippen LogP contribution is -2.08. The van der Waals surface area contributed by atoms with E-state index in [4.69, 9.17) is 5.73 Å². The van der Waals surface area contributed by atoms with E-state index < -0.39 is 0 Å². The first-order valence-corrected chi connectivity index (χ1v) is 2.33. The van der Waals surface area contributed by atoms with Crippen LogP contribution >= 0.6 is 0 Å². The van der Waals surface area contributed by atoms with Gasteiger partial charge in [-0.25, -0.2) is 0 Å². The minimum absolute atomic E-state index is 0.580. The van der Waals surface area contributed by atoms with Crippen LogP contribution in [0.1, 0.15) is 0 Å². The van der Waals surface area contributed by atoms with Crippen LogP contribution in [0.2, 0.25) is 0 Å². The highest BCUT2D eigenvalue weighted by molar-refractivity contribution is 6.46. The van der Waals surface area contributed by atoms with Crippen LogP contribution in [-0.2, 0) is 0 Å². The van der Waals surface area contributed by atoms with Crippen LogP contribution in [-0.4, -0.2) is 19.7 Å². The number of hydrogen-bond acceptors (Lipinski definition) is 2. The summed E-state index contributed by atoms with van der Waals surface area (Å²) in [7, 11) is 0.826. The molecule has 36 valence electrons. The van der Waals surface area contributed by atoms with Gasteiger partial charge in [-0.2, -0.15) is 0 Å². The SMILES string of the molecule is NCC1=NBC=C1. The Hall–Kier alpha value is -0.565. The van der Waals surface area contributed by atoms with Crippen LogP contribution < -0.4 is 5.73 Å². The molecule has 0 aromatic carbocycles. The number of nitrogens with zero attached hydrogens (tertiary/aromatic N) is 1. The summed E-state index contributed by atoms with van der Waals surface area (Å²) >= 11 is 0. The molecule has 0 bridgehead atoms. The molecule has 0 aromatic rings. The summed E-state index contributed by atoms with van der Waals surface area (Å²) in [5, 5.41) is 0. The molecule has 7 heavy (non-hydrogen) atoms. The molecule has 0 aliphatic carbocycles. The second kappa shape index (κ2) is 1.93. The summed E-state index contributed by atoms with van der Waals surface area (Å²) < 4.78 is 0. The van der Waals surface area contributed by atoms with E-state index in [1.807, 2.05) is 12.1 Å². The molecule has 0 unspecified atom stereocenters. The monoisotopic (exact) mass is 94.1 g/mol. The Morgan fingerprint density at radius 1 is 1.86 bits per heavy atom. The first kappa shape index (κ1) is 4.59. The average molecular weight is 93.9 g/mol. The molecule has 0 amide bonds. The van der Waals surface area contributed by atoms with Crippen molar-refractivity contribution in [2.75, 3.05) is 6.54 Å². The third kappa shape index (κ3) is 0.901. The second-order valence-corrected chi connectivity index (χ2v) is 1.44. The Morgan fingerprint density at radius 2 is 2.71 bits per heavy atom. The van der Waals surface area contributed by atoms with Gasteiger partial charge in [0.15, 0.2) is 0 Å². The molecule has 0 atom stereocenters. The quantitative estimate of drug-likeness (QED) is 0.427. The van der Waals surface area contributed by atoms with Gasteiger partial charge in [-0.1, -0.05) is 12.1 Å². The van der Waals surface area contributed by atoms with Crippen LogP contribution in [0.3, 0.4) is 0 Å².